The van der Waals surface area contributed by atoms with Crippen molar-refractivity contribution in [3.8, 4) is 6.07 Å². The van der Waals surface area contributed by atoms with E-state index in [4.69, 9.17) is 9.31 Å². The molecule has 1 aliphatic heterocycles. The number of hydrogen-bond donors (Lipinski definition) is 0. The molecule has 178 valence electrons. The van der Waals surface area contributed by atoms with Crippen molar-refractivity contribution in [2.75, 3.05) is 0 Å². The Morgan fingerprint density at radius 3 is 1.82 bits per heavy atom. The monoisotopic (exact) mass is 457 g/mol. The molecule has 0 unspecified atom stereocenters. The molecule has 2 aromatic carbocycles. The third-order valence-electron chi connectivity index (χ3n) is 7.52. The molecule has 0 N–H and O–H groups in total. The summed E-state index contributed by atoms with van der Waals surface area (Å²) in [6.07, 6.45) is 0.474. The van der Waals surface area contributed by atoms with Gasteiger partial charge in [0.1, 0.15) is 0 Å². The SMILES string of the molecule is C=C(B1OC(C)(C)C(C)(C)O1)[C@@](CC)(C(=O)c1ccc(C(C)(C)C)cc1)c1ccc(C#N)cc1. The van der Waals surface area contributed by atoms with Gasteiger partial charge in [-0.3, -0.25) is 4.79 Å². The first-order valence-electron chi connectivity index (χ1n) is 11.9. The van der Waals surface area contributed by atoms with E-state index in [-0.39, 0.29) is 11.2 Å². The lowest BCUT2D eigenvalue weighted by Gasteiger charge is -2.35. The molecule has 1 heterocycles. The quantitative estimate of drug-likeness (QED) is 0.363. The van der Waals surface area contributed by atoms with Crippen molar-refractivity contribution in [2.45, 2.75) is 83.8 Å². The number of rotatable bonds is 6. The summed E-state index contributed by atoms with van der Waals surface area (Å²) in [6.45, 7) is 20.8. The van der Waals surface area contributed by atoms with E-state index in [1.54, 1.807) is 12.1 Å². The van der Waals surface area contributed by atoms with Crippen LogP contribution in [-0.4, -0.2) is 24.1 Å². The second-order valence-corrected chi connectivity index (χ2v) is 11.2. The molecule has 0 radical (unpaired) electrons. The molecule has 0 aromatic heterocycles. The zero-order chi connectivity index (χ0) is 25.5. The molecular formula is C29H36BNO3. The van der Waals surface area contributed by atoms with Crippen LogP contribution in [-0.2, 0) is 20.1 Å². The topological polar surface area (TPSA) is 59.3 Å². The Labute approximate surface area is 205 Å². The highest BCUT2D eigenvalue weighted by atomic mass is 16.7. The van der Waals surface area contributed by atoms with E-state index in [2.05, 4.69) is 33.4 Å². The Bertz CT molecular complexity index is 1100. The highest BCUT2D eigenvalue weighted by Crippen LogP contribution is 2.46. The van der Waals surface area contributed by atoms with Crippen LogP contribution < -0.4 is 0 Å². The lowest BCUT2D eigenvalue weighted by atomic mass is 9.56. The molecule has 0 aliphatic carbocycles. The molecule has 1 atom stereocenters. The third-order valence-corrected chi connectivity index (χ3v) is 7.52. The number of carbonyl (C=O) groups excluding carboxylic acids is 1. The summed E-state index contributed by atoms with van der Waals surface area (Å²) in [6, 6.07) is 17.2. The van der Waals surface area contributed by atoms with Crippen LogP contribution in [0.25, 0.3) is 0 Å². The van der Waals surface area contributed by atoms with Crippen LogP contribution >= 0.6 is 0 Å². The summed E-state index contributed by atoms with van der Waals surface area (Å²) in [5.41, 5.74) is 1.47. The van der Waals surface area contributed by atoms with Gasteiger partial charge in [0.05, 0.1) is 28.2 Å². The van der Waals surface area contributed by atoms with Gasteiger partial charge in [-0.05, 0) is 68.3 Å². The molecule has 0 spiro atoms. The standard InChI is InChI=1S/C29H36BNO3/c1-10-29(24-15-11-21(19-31)12-16-24,20(2)30-33-27(6,7)28(8,9)34-30)25(32)22-13-17-23(18-14-22)26(3,4)5/h11-18H,2,10H2,1,3-9H3/t29-/m1/s1. The van der Waals surface area contributed by atoms with Crippen molar-refractivity contribution in [1.29, 1.82) is 5.26 Å². The fourth-order valence-electron chi connectivity index (χ4n) is 4.44. The maximum atomic E-state index is 14.3. The number of benzene rings is 2. The van der Waals surface area contributed by atoms with Gasteiger partial charge in [0.2, 0.25) is 0 Å². The summed E-state index contributed by atoms with van der Waals surface area (Å²) < 4.78 is 12.6. The van der Waals surface area contributed by atoms with Gasteiger partial charge in [-0.15, -0.1) is 6.58 Å². The van der Waals surface area contributed by atoms with Gasteiger partial charge in [-0.25, -0.2) is 0 Å². The largest absolute Gasteiger partial charge is 0.491 e. The molecule has 34 heavy (non-hydrogen) atoms. The summed E-state index contributed by atoms with van der Waals surface area (Å²) >= 11 is 0. The molecule has 4 nitrogen and oxygen atoms in total. The van der Waals surface area contributed by atoms with E-state index in [0.717, 1.165) is 11.1 Å². The minimum Gasteiger partial charge on any atom is -0.400 e. The van der Waals surface area contributed by atoms with E-state index in [9.17, 15) is 10.1 Å². The van der Waals surface area contributed by atoms with Gasteiger partial charge in [-0.2, -0.15) is 5.26 Å². The fourth-order valence-corrected chi connectivity index (χ4v) is 4.44. The average Bonchev–Trinajstić information content (AvgIpc) is 3.01. The van der Waals surface area contributed by atoms with Gasteiger partial charge in [0, 0.05) is 5.56 Å². The van der Waals surface area contributed by atoms with Gasteiger partial charge < -0.3 is 9.31 Å². The first-order chi connectivity index (χ1) is 15.7. The second-order valence-electron chi connectivity index (χ2n) is 11.2. The molecule has 1 saturated heterocycles. The maximum Gasteiger partial charge on any atom is 0.491 e. The van der Waals surface area contributed by atoms with Crippen LogP contribution in [0, 0.1) is 11.3 Å². The molecule has 0 bridgehead atoms. The van der Waals surface area contributed by atoms with Gasteiger partial charge in [-0.1, -0.05) is 64.1 Å². The van der Waals surface area contributed by atoms with Crippen LogP contribution in [0.3, 0.4) is 0 Å². The highest BCUT2D eigenvalue weighted by Gasteiger charge is 2.57. The average molecular weight is 457 g/mol. The number of nitrogens with zero attached hydrogens (tertiary/aromatic N) is 1. The van der Waals surface area contributed by atoms with E-state index < -0.39 is 23.7 Å². The zero-order valence-electron chi connectivity index (χ0n) is 21.8. The van der Waals surface area contributed by atoms with Crippen LogP contribution in [0.15, 0.2) is 60.6 Å². The molecule has 0 saturated carbocycles. The van der Waals surface area contributed by atoms with Crippen molar-refractivity contribution in [3.05, 3.63) is 82.8 Å². The third kappa shape index (κ3) is 4.38. The Kier molecular flexibility index (Phi) is 6.74. The Hall–Kier alpha value is -2.68. The van der Waals surface area contributed by atoms with Gasteiger partial charge in [0.25, 0.3) is 0 Å². The number of allylic oxidation sites excluding steroid dienone is 1. The summed E-state index contributed by atoms with van der Waals surface area (Å²) in [5.74, 6) is -0.0557. The number of hydrogen-bond acceptors (Lipinski definition) is 4. The predicted octanol–water partition coefficient (Wildman–Crippen LogP) is 6.57. The van der Waals surface area contributed by atoms with E-state index in [1.165, 1.54) is 0 Å². The van der Waals surface area contributed by atoms with Gasteiger partial charge in [0.15, 0.2) is 5.78 Å². The summed E-state index contributed by atoms with van der Waals surface area (Å²) in [7, 11) is -0.738. The minimum atomic E-state index is -1.07. The van der Waals surface area contributed by atoms with Crippen molar-refractivity contribution in [1.82, 2.24) is 0 Å². The zero-order valence-corrected chi connectivity index (χ0v) is 21.8. The number of nitriles is 1. The number of ketones is 1. The Balaban J connectivity index is 2.14. The lowest BCUT2D eigenvalue weighted by molar-refractivity contribution is 0.00578. The normalized spacial score (nSPS) is 18.7. The smallest absolute Gasteiger partial charge is 0.400 e. The van der Waals surface area contributed by atoms with Crippen molar-refractivity contribution >= 4 is 12.9 Å². The minimum absolute atomic E-state index is 0.0111. The first kappa shape index (κ1) is 25.9. The summed E-state index contributed by atoms with van der Waals surface area (Å²) in [4.78, 5) is 14.3. The van der Waals surface area contributed by atoms with Crippen LogP contribution in [0.5, 0.6) is 0 Å². The number of carbonyl (C=O) groups is 1. The summed E-state index contributed by atoms with van der Waals surface area (Å²) in [5, 5.41) is 9.29. The fraction of sp³-hybridized carbons (Fsp3) is 0.448. The lowest BCUT2D eigenvalue weighted by Crippen LogP contribution is -2.44. The Morgan fingerprint density at radius 1 is 0.941 bits per heavy atom. The van der Waals surface area contributed by atoms with E-state index in [1.807, 2.05) is 71.0 Å². The van der Waals surface area contributed by atoms with Crippen LogP contribution in [0.1, 0.15) is 88.9 Å². The van der Waals surface area contributed by atoms with Crippen molar-refractivity contribution in [2.24, 2.45) is 0 Å². The molecule has 5 heteroatoms. The molecule has 2 aromatic rings. The predicted molar refractivity (Wildman–Crippen MR) is 138 cm³/mol. The van der Waals surface area contributed by atoms with E-state index in [0.29, 0.717) is 23.0 Å². The molecule has 1 aliphatic rings. The van der Waals surface area contributed by atoms with Crippen LogP contribution in [0.2, 0.25) is 0 Å². The van der Waals surface area contributed by atoms with Gasteiger partial charge >= 0.3 is 7.12 Å². The highest BCUT2D eigenvalue weighted by molar-refractivity contribution is 6.56. The van der Waals surface area contributed by atoms with Crippen molar-refractivity contribution < 1.29 is 14.1 Å². The van der Waals surface area contributed by atoms with Crippen LogP contribution in [0.4, 0.5) is 0 Å². The first-order valence-corrected chi connectivity index (χ1v) is 11.9. The molecule has 0 amide bonds. The Morgan fingerprint density at radius 2 is 1.41 bits per heavy atom. The second kappa shape index (κ2) is 8.84. The molecule has 1 fully saturated rings. The maximum absolute atomic E-state index is 14.3. The molecule has 3 rings (SSSR count). The number of Topliss-reactive ketones (excluding diaryl/α,β-unsaturated/α-hetero) is 1. The molecular weight excluding hydrogens is 421 g/mol. The van der Waals surface area contributed by atoms with E-state index >= 15 is 0 Å². The van der Waals surface area contributed by atoms with Crippen molar-refractivity contribution in [3.63, 3.8) is 0 Å².